The van der Waals surface area contributed by atoms with E-state index in [1.54, 1.807) is 0 Å². The van der Waals surface area contributed by atoms with Gasteiger partial charge in [-0.1, -0.05) is 39.3 Å². The smallest absolute Gasteiger partial charge is 0.311 e. The number of hydrogen-bond donors (Lipinski definition) is 6. The summed E-state index contributed by atoms with van der Waals surface area (Å²) in [5, 5.41) is 64.3. The van der Waals surface area contributed by atoms with Gasteiger partial charge in [-0.2, -0.15) is 0 Å². The lowest BCUT2D eigenvalue weighted by atomic mass is 9.33. The van der Waals surface area contributed by atoms with Gasteiger partial charge in [0.05, 0.1) is 43.4 Å². The van der Waals surface area contributed by atoms with Crippen molar-refractivity contribution in [2.75, 3.05) is 20.3 Å². The fourth-order valence-electron chi connectivity index (χ4n) is 12.3. The molecule has 1 heterocycles. The molecule has 5 aliphatic carbocycles. The number of carboxylic acid groups (broad SMARTS) is 1. The van der Waals surface area contributed by atoms with Crippen molar-refractivity contribution in [3.05, 3.63) is 11.6 Å². The number of carbonyl (C=O) groups is 2. The Labute approximate surface area is 277 Å². The second kappa shape index (κ2) is 11.5. The number of aliphatic hydroxyl groups is 5. The molecule has 11 nitrogen and oxygen atoms in total. The van der Waals surface area contributed by atoms with Crippen molar-refractivity contribution >= 4 is 11.9 Å². The van der Waals surface area contributed by atoms with Crippen LogP contribution in [0.2, 0.25) is 0 Å². The molecule has 0 amide bonds. The zero-order valence-corrected chi connectivity index (χ0v) is 28.8. The lowest BCUT2D eigenvalue weighted by molar-refractivity contribution is -0.328. The monoisotopic (exact) mass is 664 g/mol. The zero-order chi connectivity index (χ0) is 34.5. The van der Waals surface area contributed by atoms with Crippen LogP contribution in [0.1, 0.15) is 92.4 Å². The Hall–Kier alpha value is -1.60. The van der Waals surface area contributed by atoms with Crippen LogP contribution in [-0.2, 0) is 23.8 Å². The van der Waals surface area contributed by atoms with E-state index in [9.17, 15) is 40.2 Å². The number of aliphatic hydroxyl groups excluding tert-OH is 5. The maximum absolute atomic E-state index is 13.1. The molecule has 0 radical (unpaired) electrons. The summed E-state index contributed by atoms with van der Waals surface area (Å²) in [5.74, 6) is -1.29. The zero-order valence-electron chi connectivity index (χ0n) is 28.8. The first-order valence-corrected chi connectivity index (χ1v) is 17.5. The molecule has 6 N–H and O–H groups in total. The maximum atomic E-state index is 13.1. The number of carboxylic acids is 1. The van der Waals surface area contributed by atoms with Crippen molar-refractivity contribution < 1.29 is 54.4 Å². The number of esters is 1. The van der Waals surface area contributed by atoms with Crippen LogP contribution in [-0.4, -0.2) is 99.7 Å². The van der Waals surface area contributed by atoms with E-state index in [-0.39, 0.29) is 47.8 Å². The highest BCUT2D eigenvalue weighted by Gasteiger charge is 2.71. The number of rotatable bonds is 5. The number of ether oxygens (including phenoxy) is 3. The number of aliphatic carboxylic acids is 1. The molecule has 1 aliphatic heterocycles. The molecule has 5 fully saturated rings. The van der Waals surface area contributed by atoms with Gasteiger partial charge in [-0.05, 0) is 98.7 Å². The van der Waals surface area contributed by atoms with E-state index >= 15 is 0 Å². The molecular weight excluding hydrogens is 608 g/mol. The van der Waals surface area contributed by atoms with Gasteiger partial charge < -0.3 is 44.8 Å². The highest BCUT2D eigenvalue weighted by Crippen LogP contribution is 2.76. The molecule has 6 aliphatic rings. The third-order valence-electron chi connectivity index (χ3n) is 15.3. The van der Waals surface area contributed by atoms with Gasteiger partial charge in [-0.25, -0.2) is 0 Å². The average Bonchev–Trinajstić information content (AvgIpc) is 3.02. The number of fused-ring (bicyclic) bond motifs is 7. The number of carbonyl (C=O) groups excluding carboxylic acids is 1. The van der Waals surface area contributed by atoms with E-state index in [0.717, 1.165) is 24.8 Å². The van der Waals surface area contributed by atoms with Crippen molar-refractivity contribution in [1.82, 2.24) is 0 Å². The molecule has 47 heavy (non-hydrogen) atoms. The molecule has 11 heteroatoms. The standard InChI is InChI=1S/C36H56O11/c1-31(30(44)45-6)11-13-36(29(42)43)14-12-34(4)19(20(36)15-31)7-8-24-32(2)16-21(38)27(47-28-26(41)25(40)22(39)17-46-28)33(3,18-37)23(32)9-10-35(24,34)5/h7,20-28,37-41H,8-18H2,1-6H3,(H,42,43)/t20-,21-,22-,23+,24+,25-,26+,27-,28-,31-,32-,33-,34+,35+,36-/m0/s1. The molecule has 0 unspecified atom stereocenters. The third kappa shape index (κ3) is 4.69. The summed E-state index contributed by atoms with van der Waals surface area (Å²) in [6, 6.07) is 0. The predicted octanol–water partition coefficient (Wildman–Crippen LogP) is 2.79. The summed E-state index contributed by atoms with van der Waals surface area (Å²) in [4.78, 5) is 26.1. The summed E-state index contributed by atoms with van der Waals surface area (Å²) in [6.45, 7) is 10.2. The van der Waals surface area contributed by atoms with E-state index in [0.29, 0.717) is 38.5 Å². The summed E-state index contributed by atoms with van der Waals surface area (Å²) in [7, 11) is 1.40. The van der Waals surface area contributed by atoms with Crippen molar-refractivity contribution in [2.24, 2.45) is 50.2 Å². The molecule has 0 bridgehead atoms. The molecule has 6 rings (SSSR count). The van der Waals surface area contributed by atoms with Crippen LogP contribution in [0.5, 0.6) is 0 Å². The first kappa shape index (κ1) is 35.2. The molecule has 15 atom stereocenters. The molecular formula is C36H56O11. The van der Waals surface area contributed by atoms with Crippen LogP contribution in [0, 0.1) is 50.2 Å². The summed E-state index contributed by atoms with van der Waals surface area (Å²) >= 11 is 0. The van der Waals surface area contributed by atoms with Gasteiger partial charge in [-0.15, -0.1) is 0 Å². The van der Waals surface area contributed by atoms with Crippen LogP contribution in [0.4, 0.5) is 0 Å². The minimum absolute atomic E-state index is 0.0553. The fraction of sp³-hybridized carbons (Fsp3) is 0.889. The van der Waals surface area contributed by atoms with E-state index in [1.807, 2.05) is 13.8 Å². The fourth-order valence-corrected chi connectivity index (χ4v) is 12.3. The molecule has 0 aromatic carbocycles. The largest absolute Gasteiger partial charge is 0.481 e. The van der Waals surface area contributed by atoms with Gasteiger partial charge >= 0.3 is 11.9 Å². The first-order valence-electron chi connectivity index (χ1n) is 17.5. The van der Waals surface area contributed by atoms with Crippen LogP contribution in [0.25, 0.3) is 0 Å². The van der Waals surface area contributed by atoms with Crippen molar-refractivity contribution in [1.29, 1.82) is 0 Å². The summed E-state index contributed by atoms with van der Waals surface area (Å²) in [5.41, 5.74) is -2.39. The molecule has 0 aromatic rings. The lowest BCUT2D eigenvalue weighted by Gasteiger charge is -2.71. The van der Waals surface area contributed by atoms with Gasteiger partial charge in [0.2, 0.25) is 0 Å². The van der Waals surface area contributed by atoms with Crippen molar-refractivity contribution in [2.45, 2.75) is 129 Å². The molecule has 0 spiro atoms. The Morgan fingerprint density at radius 3 is 2.23 bits per heavy atom. The minimum Gasteiger partial charge on any atom is -0.481 e. The third-order valence-corrected chi connectivity index (χ3v) is 15.3. The van der Waals surface area contributed by atoms with Gasteiger partial charge in [-0.3, -0.25) is 9.59 Å². The van der Waals surface area contributed by atoms with E-state index in [1.165, 1.54) is 7.11 Å². The topological polar surface area (TPSA) is 183 Å². The highest BCUT2D eigenvalue weighted by atomic mass is 16.7. The van der Waals surface area contributed by atoms with E-state index in [2.05, 4.69) is 26.8 Å². The van der Waals surface area contributed by atoms with Crippen LogP contribution < -0.4 is 0 Å². The predicted molar refractivity (Wildman–Crippen MR) is 168 cm³/mol. The Bertz CT molecular complexity index is 1300. The van der Waals surface area contributed by atoms with E-state index < -0.39 is 64.4 Å². The quantitative estimate of drug-likeness (QED) is 0.144. The summed E-state index contributed by atoms with van der Waals surface area (Å²) < 4.78 is 17.0. The normalized spacial score (nSPS) is 54.2. The van der Waals surface area contributed by atoms with Gasteiger partial charge in [0.25, 0.3) is 0 Å². The van der Waals surface area contributed by atoms with Crippen LogP contribution >= 0.6 is 0 Å². The maximum Gasteiger partial charge on any atom is 0.311 e. The minimum atomic E-state index is -1.51. The Morgan fingerprint density at radius 1 is 0.915 bits per heavy atom. The summed E-state index contributed by atoms with van der Waals surface area (Å²) in [6.07, 6.45) is 0.204. The van der Waals surface area contributed by atoms with E-state index in [4.69, 9.17) is 14.2 Å². The van der Waals surface area contributed by atoms with Gasteiger partial charge in [0.1, 0.15) is 18.3 Å². The SMILES string of the molecule is COC(=O)[C@@]1(C)CC[C@]2(C(=O)O)CC[C@]3(C)C(=CC[C@@H]4[C@@]5(C)C[C@H](O)[C@H](O[C@@H]6OC[C@H](O)[C@H](O)[C@H]6O)[C@@](C)(CO)[C@@H]5CC[C@]43C)[C@@H]2C1. The van der Waals surface area contributed by atoms with Crippen molar-refractivity contribution in [3.8, 4) is 0 Å². The van der Waals surface area contributed by atoms with Crippen LogP contribution in [0.15, 0.2) is 11.6 Å². The molecule has 1 saturated heterocycles. The Morgan fingerprint density at radius 2 is 1.60 bits per heavy atom. The van der Waals surface area contributed by atoms with Crippen LogP contribution in [0.3, 0.4) is 0 Å². The second-order valence-corrected chi connectivity index (χ2v) is 17.3. The van der Waals surface area contributed by atoms with Gasteiger partial charge in [0, 0.05) is 5.41 Å². The molecule has 0 aromatic heterocycles. The Balaban J connectivity index is 1.35. The molecule has 266 valence electrons. The lowest BCUT2D eigenvalue weighted by Crippen LogP contribution is -2.69. The highest BCUT2D eigenvalue weighted by molar-refractivity contribution is 5.80. The average molecular weight is 665 g/mol. The Kier molecular flexibility index (Phi) is 8.60. The number of allylic oxidation sites excluding steroid dienone is 2. The van der Waals surface area contributed by atoms with Crippen molar-refractivity contribution in [3.63, 3.8) is 0 Å². The number of methoxy groups -OCH3 is 1. The number of hydrogen-bond acceptors (Lipinski definition) is 10. The molecule has 4 saturated carbocycles. The first-order chi connectivity index (χ1) is 21.9. The second-order valence-electron chi connectivity index (χ2n) is 17.3. The van der Waals surface area contributed by atoms with Gasteiger partial charge in [0.15, 0.2) is 6.29 Å².